The van der Waals surface area contributed by atoms with Crippen molar-refractivity contribution in [3.05, 3.63) is 48.0 Å². The lowest BCUT2D eigenvalue weighted by Crippen LogP contribution is -2.26. The number of benzene rings is 2. The quantitative estimate of drug-likeness (QED) is 0.745. The predicted octanol–water partition coefficient (Wildman–Crippen LogP) is 4.28. The first kappa shape index (κ1) is 11.7. The van der Waals surface area contributed by atoms with Crippen molar-refractivity contribution < 1.29 is 0 Å². The van der Waals surface area contributed by atoms with Gasteiger partial charge in [0.2, 0.25) is 0 Å². The van der Waals surface area contributed by atoms with Crippen LogP contribution in [0.1, 0.15) is 26.3 Å². The predicted molar refractivity (Wildman–Crippen MR) is 71.8 cm³/mol. The number of rotatable bonds is 2. The van der Waals surface area contributed by atoms with E-state index in [1.54, 1.807) is 0 Å². The summed E-state index contributed by atoms with van der Waals surface area (Å²) < 4.78 is 0. The molecule has 0 saturated heterocycles. The average Bonchev–Trinajstić information content (AvgIpc) is 2.37. The fourth-order valence-corrected chi connectivity index (χ4v) is 2.04. The molecule has 0 amide bonds. The van der Waals surface area contributed by atoms with Gasteiger partial charge in [-0.2, -0.15) is 5.26 Å². The Morgan fingerprint density at radius 3 is 2.29 bits per heavy atom. The molecule has 1 heteroatoms. The van der Waals surface area contributed by atoms with Gasteiger partial charge in [-0.1, -0.05) is 50.2 Å². The van der Waals surface area contributed by atoms with Crippen molar-refractivity contribution in [1.82, 2.24) is 0 Å². The van der Waals surface area contributed by atoms with Gasteiger partial charge in [-0.3, -0.25) is 0 Å². The molecule has 17 heavy (non-hydrogen) atoms. The summed E-state index contributed by atoms with van der Waals surface area (Å²) in [6.45, 7) is 6.21. The van der Waals surface area contributed by atoms with Crippen LogP contribution in [0.3, 0.4) is 0 Å². The van der Waals surface area contributed by atoms with Crippen LogP contribution in [0.5, 0.6) is 0 Å². The van der Waals surface area contributed by atoms with Gasteiger partial charge >= 0.3 is 0 Å². The lowest BCUT2D eigenvalue weighted by molar-refractivity contribution is 0.431. The molecule has 0 unspecified atom stereocenters. The zero-order valence-corrected chi connectivity index (χ0v) is 10.6. The van der Waals surface area contributed by atoms with E-state index in [0.29, 0.717) is 5.92 Å². The van der Waals surface area contributed by atoms with Crippen LogP contribution < -0.4 is 0 Å². The monoisotopic (exact) mass is 223 g/mol. The smallest absolute Gasteiger partial charge is 0.0817 e. The molecule has 0 N–H and O–H groups in total. The summed E-state index contributed by atoms with van der Waals surface area (Å²) in [5.41, 5.74) is 0.693. The van der Waals surface area contributed by atoms with Crippen molar-refractivity contribution in [3.8, 4) is 6.07 Å². The van der Waals surface area contributed by atoms with E-state index in [1.165, 1.54) is 10.8 Å². The molecule has 0 aromatic heterocycles. The van der Waals surface area contributed by atoms with Crippen LogP contribution in [0.2, 0.25) is 0 Å². The normalized spacial score (nSPS) is 14.5. The number of hydrogen-bond donors (Lipinski definition) is 0. The van der Waals surface area contributed by atoms with E-state index in [-0.39, 0.29) is 0 Å². The van der Waals surface area contributed by atoms with Crippen molar-refractivity contribution in [2.24, 2.45) is 5.92 Å². The molecule has 1 nitrogen and oxygen atoms in total. The molecule has 2 aromatic rings. The molecule has 0 saturated carbocycles. The fourth-order valence-electron chi connectivity index (χ4n) is 2.04. The molecule has 0 bridgehead atoms. The Morgan fingerprint density at radius 1 is 1.06 bits per heavy atom. The number of nitriles is 1. The Bertz CT molecular complexity index is 577. The second-order valence-corrected chi connectivity index (χ2v) is 5.03. The standard InChI is InChI=1S/C16H17N/c1-12(2)16(3,11-17)15-9-8-13-6-4-5-7-14(13)10-15/h4-10,12H,1-3H3/t16-/m1/s1. The van der Waals surface area contributed by atoms with E-state index in [1.807, 2.05) is 19.1 Å². The third-order valence-electron chi connectivity index (χ3n) is 3.74. The lowest BCUT2D eigenvalue weighted by Gasteiger charge is -2.26. The second-order valence-electron chi connectivity index (χ2n) is 5.03. The van der Waals surface area contributed by atoms with Gasteiger partial charge in [0, 0.05) is 0 Å². The average molecular weight is 223 g/mol. The van der Waals surface area contributed by atoms with E-state index in [0.717, 1.165) is 5.56 Å². The first-order valence-corrected chi connectivity index (χ1v) is 5.98. The highest BCUT2D eigenvalue weighted by atomic mass is 14.4. The molecule has 0 spiro atoms. The lowest BCUT2D eigenvalue weighted by atomic mass is 9.74. The summed E-state index contributed by atoms with van der Waals surface area (Å²) in [6.07, 6.45) is 0. The Morgan fingerprint density at radius 2 is 1.71 bits per heavy atom. The van der Waals surface area contributed by atoms with Crippen LogP contribution in [0.15, 0.2) is 42.5 Å². The molecule has 2 rings (SSSR count). The van der Waals surface area contributed by atoms with Gasteiger partial charge in [0.1, 0.15) is 0 Å². The highest BCUT2D eigenvalue weighted by Crippen LogP contribution is 2.32. The highest BCUT2D eigenvalue weighted by Gasteiger charge is 2.30. The molecule has 0 fully saturated rings. The van der Waals surface area contributed by atoms with Gasteiger partial charge in [0.15, 0.2) is 0 Å². The molecule has 86 valence electrons. The van der Waals surface area contributed by atoms with Crippen LogP contribution in [0.4, 0.5) is 0 Å². The molecule has 0 aliphatic heterocycles. The third-order valence-corrected chi connectivity index (χ3v) is 3.74. The van der Waals surface area contributed by atoms with Gasteiger partial charge in [-0.25, -0.2) is 0 Å². The summed E-state index contributed by atoms with van der Waals surface area (Å²) in [4.78, 5) is 0. The molecule has 2 aromatic carbocycles. The maximum atomic E-state index is 9.43. The third kappa shape index (κ3) is 1.91. The first-order valence-electron chi connectivity index (χ1n) is 5.98. The molecule has 1 atom stereocenters. The summed E-state index contributed by atoms with van der Waals surface area (Å²) in [7, 11) is 0. The van der Waals surface area contributed by atoms with E-state index in [4.69, 9.17) is 0 Å². The van der Waals surface area contributed by atoms with E-state index in [2.05, 4.69) is 50.2 Å². The molecular weight excluding hydrogens is 206 g/mol. The van der Waals surface area contributed by atoms with Gasteiger partial charge in [0.05, 0.1) is 11.5 Å². The summed E-state index contributed by atoms with van der Waals surface area (Å²) >= 11 is 0. The number of nitrogens with zero attached hydrogens (tertiary/aromatic N) is 1. The van der Waals surface area contributed by atoms with E-state index >= 15 is 0 Å². The number of hydrogen-bond acceptors (Lipinski definition) is 1. The van der Waals surface area contributed by atoms with Gasteiger partial charge < -0.3 is 0 Å². The van der Waals surface area contributed by atoms with Gasteiger partial charge in [-0.15, -0.1) is 0 Å². The molecule has 0 radical (unpaired) electrons. The summed E-state index contributed by atoms with van der Waals surface area (Å²) in [6, 6.07) is 17.0. The Kier molecular flexibility index (Phi) is 2.90. The maximum Gasteiger partial charge on any atom is 0.0817 e. The highest BCUT2D eigenvalue weighted by molar-refractivity contribution is 5.83. The topological polar surface area (TPSA) is 23.8 Å². The van der Waals surface area contributed by atoms with Crippen molar-refractivity contribution >= 4 is 10.8 Å². The molecule has 0 aliphatic rings. The summed E-state index contributed by atoms with van der Waals surface area (Å²) in [5.74, 6) is 0.300. The minimum atomic E-state index is -0.413. The van der Waals surface area contributed by atoms with Crippen molar-refractivity contribution in [3.63, 3.8) is 0 Å². The van der Waals surface area contributed by atoms with Gasteiger partial charge in [0.25, 0.3) is 0 Å². The zero-order chi connectivity index (χ0) is 12.5. The Labute approximate surface area is 103 Å². The van der Waals surface area contributed by atoms with Gasteiger partial charge in [-0.05, 0) is 35.2 Å². The fraction of sp³-hybridized carbons (Fsp3) is 0.312. The molecular formula is C16H17N. The Hall–Kier alpha value is -1.81. The van der Waals surface area contributed by atoms with Crippen LogP contribution in [-0.2, 0) is 5.41 Å². The summed E-state index contributed by atoms with van der Waals surface area (Å²) in [5, 5.41) is 11.9. The Balaban J connectivity index is 2.61. The van der Waals surface area contributed by atoms with Crippen molar-refractivity contribution in [2.75, 3.05) is 0 Å². The second kappa shape index (κ2) is 4.22. The first-order chi connectivity index (χ1) is 8.08. The zero-order valence-electron chi connectivity index (χ0n) is 10.6. The molecule has 0 heterocycles. The SMILES string of the molecule is CC(C)[C@@](C)(C#N)c1ccc2ccccc2c1. The van der Waals surface area contributed by atoms with Crippen molar-refractivity contribution in [1.29, 1.82) is 5.26 Å². The minimum absolute atomic E-state index is 0.300. The van der Waals surface area contributed by atoms with Crippen LogP contribution in [0.25, 0.3) is 10.8 Å². The molecule has 0 aliphatic carbocycles. The van der Waals surface area contributed by atoms with E-state index < -0.39 is 5.41 Å². The maximum absolute atomic E-state index is 9.43. The van der Waals surface area contributed by atoms with Crippen LogP contribution in [-0.4, -0.2) is 0 Å². The van der Waals surface area contributed by atoms with Crippen molar-refractivity contribution in [2.45, 2.75) is 26.2 Å². The number of fused-ring (bicyclic) bond motifs is 1. The van der Waals surface area contributed by atoms with Crippen LogP contribution in [0, 0.1) is 17.2 Å². The van der Waals surface area contributed by atoms with Crippen LogP contribution >= 0.6 is 0 Å². The minimum Gasteiger partial charge on any atom is -0.197 e. The largest absolute Gasteiger partial charge is 0.197 e. The van der Waals surface area contributed by atoms with E-state index in [9.17, 15) is 5.26 Å².